The van der Waals surface area contributed by atoms with Crippen LogP contribution in [0.1, 0.15) is 10.5 Å². The Kier molecular flexibility index (Phi) is 4.25. The molecular formula is C19H20N6O2. The van der Waals surface area contributed by atoms with Crippen LogP contribution in [-0.4, -0.2) is 50.4 Å². The lowest BCUT2D eigenvalue weighted by Gasteiger charge is -2.11. The number of likely N-dealkylation sites (N-methyl/N-ethyl adjacent to an activating group) is 1. The van der Waals surface area contributed by atoms with Crippen LogP contribution < -0.4 is 10.9 Å². The van der Waals surface area contributed by atoms with Gasteiger partial charge in [0, 0.05) is 42.1 Å². The molecule has 0 saturated heterocycles. The third kappa shape index (κ3) is 3.22. The highest BCUT2D eigenvalue weighted by molar-refractivity contribution is 6.04. The van der Waals surface area contributed by atoms with Gasteiger partial charge in [0.1, 0.15) is 17.5 Å². The molecule has 0 spiro atoms. The number of H-pyrrole nitrogens is 1. The number of aromatic amines is 1. The molecule has 0 fully saturated rings. The topological polar surface area (TPSA) is 87.4 Å². The predicted molar refractivity (Wildman–Crippen MR) is 104 cm³/mol. The summed E-state index contributed by atoms with van der Waals surface area (Å²) < 4.78 is 3.67. The van der Waals surface area contributed by atoms with E-state index in [1.165, 1.54) is 23.1 Å². The second-order valence-corrected chi connectivity index (χ2v) is 6.69. The molecule has 8 heteroatoms. The lowest BCUT2D eigenvalue weighted by molar-refractivity contribution is 0.102. The maximum Gasteiger partial charge on any atom is 0.274 e. The summed E-state index contributed by atoms with van der Waals surface area (Å²) in [7, 11) is 4.10. The zero-order valence-electron chi connectivity index (χ0n) is 15.1. The van der Waals surface area contributed by atoms with Crippen molar-refractivity contribution in [1.82, 2.24) is 23.8 Å². The number of hydrogen-bond donors (Lipinski definition) is 2. The number of carbonyl (C=O) groups is 1. The van der Waals surface area contributed by atoms with Crippen molar-refractivity contribution in [3.8, 4) is 0 Å². The summed E-state index contributed by atoms with van der Waals surface area (Å²) in [6.07, 6.45) is 6.32. The van der Waals surface area contributed by atoms with Crippen molar-refractivity contribution >= 4 is 28.0 Å². The van der Waals surface area contributed by atoms with Crippen LogP contribution in [0.4, 0.5) is 5.69 Å². The lowest BCUT2D eigenvalue weighted by atomic mass is 10.2. The second-order valence-electron chi connectivity index (χ2n) is 6.69. The maximum absolute atomic E-state index is 12.7. The van der Waals surface area contributed by atoms with Crippen molar-refractivity contribution < 1.29 is 4.79 Å². The van der Waals surface area contributed by atoms with Crippen LogP contribution in [0.25, 0.3) is 16.4 Å². The van der Waals surface area contributed by atoms with Gasteiger partial charge in [0.25, 0.3) is 11.5 Å². The van der Waals surface area contributed by atoms with Gasteiger partial charge >= 0.3 is 0 Å². The zero-order chi connectivity index (χ0) is 19.0. The van der Waals surface area contributed by atoms with E-state index in [1.807, 2.05) is 38.4 Å². The Hall–Kier alpha value is -3.39. The fraction of sp³-hybridized carbons (Fsp3) is 0.211. The molecule has 138 valence electrons. The third-order valence-electron chi connectivity index (χ3n) is 4.52. The van der Waals surface area contributed by atoms with Crippen molar-refractivity contribution in [2.24, 2.45) is 0 Å². The summed E-state index contributed by atoms with van der Waals surface area (Å²) in [5, 5.41) is 3.94. The Labute approximate surface area is 155 Å². The number of benzene rings is 1. The molecule has 0 aliphatic heterocycles. The molecule has 0 bridgehead atoms. The lowest BCUT2D eigenvalue weighted by Crippen LogP contribution is -2.20. The van der Waals surface area contributed by atoms with E-state index in [0.717, 1.165) is 24.0 Å². The van der Waals surface area contributed by atoms with Gasteiger partial charge < -0.3 is 19.8 Å². The van der Waals surface area contributed by atoms with Crippen molar-refractivity contribution in [3.63, 3.8) is 0 Å². The SMILES string of the molecule is CN(C)CCn1ccc2cc(NC(=O)c3c[nH]c(=O)c4cncn34)ccc21. The Morgan fingerprint density at radius 1 is 1.26 bits per heavy atom. The van der Waals surface area contributed by atoms with E-state index >= 15 is 0 Å². The quantitative estimate of drug-likeness (QED) is 0.565. The summed E-state index contributed by atoms with van der Waals surface area (Å²) >= 11 is 0. The Balaban J connectivity index is 1.59. The molecule has 0 radical (unpaired) electrons. The van der Waals surface area contributed by atoms with Crippen LogP contribution in [0.15, 0.2) is 54.0 Å². The average molecular weight is 364 g/mol. The molecule has 0 saturated carbocycles. The van der Waals surface area contributed by atoms with Crippen molar-refractivity contribution in [2.45, 2.75) is 6.54 Å². The van der Waals surface area contributed by atoms with E-state index in [4.69, 9.17) is 0 Å². The molecule has 4 rings (SSSR count). The van der Waals surface area contributed by atoms with Crippen LogP contribution in [0.2, 0.25) is 0 Å². The van der Waals surface area contributed by atoms with Gasteiger partial charge in [-0.25, -0.2) is 4.98 Å². The first-order chi connectivity index (χ1) is 13.0. The Bertz CT molecular complexity index is 1180. The summed E-state index contributed by atoms with van der Waals surface area (Å²) in [5.74, 6) is -0.319. The summed E-state index contributed by atoms with van der Waals surface area (Å²) in [6, 6.07) is 7.86. The molecule has 3 heterocycles. The van der Waals surface area contributed by atoms with Crippen LogP contribution in [0.3, 0.4) is 0 Å². The van der Waals surface area contributed by atoms with E-state index in [2.05, 4.69) is 30.9 Å². The monoisotopic (exact) mass is 364 g/mol. The van der Waals surface area contributed by atoms with Gasteiger partial charge in [-0.1, -0.05) is 0 Å². The normalized spacial score (nSPS) is 11.5. The van der Waals surface area contributed by atoms with Gasteiger partial charge in [-0.2, -0.15) is 0 Å². The molecule has 0 aliphatic rings. The van der Waals surface area contributed by atoms with Gasteiger partial charge in [0.05, 0.1) is 6.20 Å². The minimum absolute atomic E-state index is 0.287. The minimum atomic E-state index is -0.319. The van der Waals surface area contributed by atoms with Gasteiger partial charge in [-0.15, -0.1) is 0 Å². The number of fused-ring (bicyclic) bond motifs is 2. The number of aromatic nitrogens is 4. The van der Waals surface area contributed by atoms with Crippen LogP contribution in [0, 0.1) is 0 Å². The number of imidazole rings is 1. The molecule has 3 aromatic heterocycles. The number of nitrogens with zero attached hydrogens (tertiary/aromatic N) is 4. The first kappa shape index (κ1) is 17.0. The van der Waals surface area contributed by atoms with E-state index in [9.17, 15) is 9.59 Å². The first-order valence-corrected chi connectivity index (χ1v) is 8.61. The fourth-order valence-electron chi connectivity index (χ4n) is 3.08. The minimum Gasteiger partial charge on any atom is -0.346 e. The molecule has 0 aliphatic carbocycles. The molecule has 4 aromatic rings. The van der Waals surface area contributed by atoms with E-state index in [0.29, 0.717) is 16.9 Å². The molecule has 1 amide bonds. The first-order valence-electron chi connectivity index (χ1n) is 8.61. The Morgan fingerprint density at radius 3 is 2.93 bits per heavy atom. The summed E-state index contributed by atoms with van der Waals surface area (Å²) in [5.41, 5.74) is 2.17. The highest BCUT2D eigenvalue weighted by Crippen LogP contribution is 2.21. The number of anilines is 1. The molecule has 27 heavy (non-hydrogen) atoms. The van der Waals surface area contributed by atoms with Crippen LogP contribution in [0.5, 0.6) is 0 Å². The standard InChI is InChI=1S/C19H20N6O2/c1-23(2)7-8-24-6-5-13-9-14(3-4-15(13)24)22-19(27)17-11-21-18(26)16-10-20-12-25(16)17/h3-6,9-12H,7-8H2,1-2H3,(H,21,26)(H,22,27). The predicted octanol–water partition coefficient (Wildman–Crippen LogP) is 1.79. The highest BCUT2D eigenvalue weighted by Gasteiger charge is 2.13. The highest BCUT2D eigenvalue weighted by atomic mass is 16.2. The second kappa shape index (κ2) is 6.73. The zero-order valence-corrected chi connectivity index (χ0v) is 15.1. The van der Waals surface area contributed by atoms with Crippen LogP contribution in [-0.2, 0) is 6.54 Å². The maximum atomic E-state index is 12.7. The van der Waals surface area contributed by atoms with Gasteiger partial charge in [-0.05, 0) is 38.4 Å². The van der Waals surface area contributed by atoms with Gasteiger partial charge in [0.15, 0.2) is 0 Å². The number of nitrogens with one attached hydrogen (secondary N) is 2. The van der Waals surface area contributed by atoms with Crippen molar-refractivity contribution in [2.75, 3.05) is 26.0 Å². The molecule has 8 nitrogen and oxygen atoms in total. The molecule has 0 atom stereocenters. The molecular weight excluding hydrogens is 344 g/mol. The summed E-state index contributed by atoms with van der Waals surface area (Å²) in [4.78, 5) is 33.1. The fourth-order valence-corrected chi connectivity index (χ4v) is 3.08. The largest absolute Gasteiger partial charge is 0.346 e. The van der Waals surface area contributed by atoms with Crippen LogP contribution >= 0.6 is 0 Å². The summed E-state index contributed by atoms with van der Waals surface area (Å²) in [6.45, 7) is 1.85. The Morgan fingerprint density at radius 2 is 2.11 bits per heavy atom. The van der Waals surface area contributed by atoms with Crippen molar-refractivity contribution in [1.29, 1.82) is 0 Å². The number of hydrogen-bond acceptors (Lipinski definition) is 4. The molecule has 1 aromatic carbocycles. The van der Waals surface area contributed by atoms with Gasteiger partial charge in [0.2, 0.25) is 0 Å². The van der Waals surface area contributed by atoms with E-state index in [-0.39, 0.29) is 11.5 Å². The van der Waals surface area contributed by atoms with E-state index < -0.39 is 0 Å². The third-order valence-corrected chi connectivity index (χ3v) is 4.52. The molecule has 0 unspecified atom stereocenters. The average Bonchev–Trinajstić information content (AvgIpc) is 3.27. The van der Waals surface area contributed by atoms with Gasteiger partial charge in [-0.3, -0.25) is 14.0 Å². The number of carbonyl (C=O) groups excluding carboxylic acids is 1. The number of rotatable bonds is 5. The number of amides is 1. The van der Waals surface area contributed by atoms with E-state index in [1.54, 1.807) is 0 Å². The van der Waals surface area contributed by atoms with Crippen molar-refractivity contribution in [3.05, 3.63) is 65.2 Å². The molecule has 2 N–H and O–H groups in total. The smallest absolute Gasteiger partial charge is 0.274 e.